The minimum Gasteiger partial charge on any atom is -0.373 e. The number of carbonyl (C=O) groups excluding carboxylic acids is 1. The maximum Gasteiger partial charge on any atom is 0.259 e. The van der Waals surface area contributed by atoms with Crippen LogP contribution in [-0.4, -0.2) is 33.1 Å². The molecule has 0 fully saturated rings. The third kappa shape index (κ3) is 3.50. The lowest BCUT2D eigenvalue weighted by Crippen LogP contribution is -2.16. The maximum atomic E-state index is 12.1. The van der Waals surface area contributed by atoms with Crippen molar-refractivity contribution in [2.75, 3.05) is 17.7 Å². The molecule has 0 aliphatic carbocycles. The van der Waals surface area contributed by atoms with Crippen LogP contribution >= 0.6 is 0 Å². The second-order valence-corrected chi connectivity index (χ2v) is 4.37. The molecule has 0 aliphatic rings. The van der Waals surface area contributed by atoms with E-state index in [1.165, 1.54) is 6.20 Å². The SMILES string of the molecule is CCc1nnc(NC(=O)c2ccc(NC)nc2)nc1CC. The Hall–Kier alpha value is -2.57. The average Bonchev–Trinajstić information content (AvgIpc) is 2.54. The van der Waals surface area contributed by atoms with Crippen molar-refractivity contribution in [3.8, 4) is 0 Å². The zero-order valence-corrected chi connectivity index (χ0v) is 12.3. The summed E-state index contributed by atoms with van der Waals surface area (Å²) in [5.41, 5.74) is 2.15. The van der Waals surface area contributed by atoms with E-state index in [4.69, 9.17) is 0 Å². The monoisotopic (exact) mass is 286 g/mol. The Morgan fingerprint density at radius 1 is 1.14 bits per heavy atom. The summed E-state index contributed by atoms with van der Waals surface area (Å²) in [5, 5.41) is 13.6. The first-order valence-corrected chi connectivity index (χ1v) is 6.85. The zero-order valence-electron chi connectivity index (χ0n) is 12.3. The van der Waals surface area contributed by atoms with Gasteiger partial charge in [-0.2, -0.15) is 0 Å². The minimum absolute atomic E-state index is 0.215. The summed E-state index contributed by atoms with van der Waals surface area (Å²) in [6.45, 7) is 3.99. The van der Waals surface area contributed by atoms with E-state index in [1.54, 1.807) is 19.2 Å². The van der Waals surface area contributed by atoms with E-state index in [1.807, 2.05) is 13.8 Å². The molecule has 110 valence electrons. The van der Waals surface area contributed by atoms with Crippen molar-refractivity contribution in [3.05, 3.63) is 35.3 Å². The molecule has 0 aromatic carbocycles. The van der Waals surface area contributed by atoms with Crippen LogP contribution in [0.4, 0.5) is 11.8 Å². The Labute approximate surface area is 123 Å². The molecule has 1 amide bonds. The standard InChI is InChI=1S/C14H18N6O/c1-4-10-11(5-2)19-20-14(17-10)18-13(21)9-6-7-12(15-3)16-8-9/h6-8H,4-5H2,1-3H3,(H,15,16)(H,17,18,20,21). The highest BCUT2D eigenvalue weighted by Crippen LogP contribution is 2.09. The molecule has 2 N–H and O–H groups in total. The van der Waals surface area contributed by atoms with E-state index in [0.29, 0.717) is 11.4 Å². The van der Waals surface area contributed by atoms with Gasteiger partial charge in [-0.25, -0.2) is 9.97 Å². The van der Waals surface area contributed by atoms with Gasteiger partial charge in [0.05, 0.1) is 17.0 Å². The first kappa shape index (κ1) is 14.8. The van der Waals surface area contributed by atoms with E-state index in [0.717, 1.165) is 24.2 Å². The molecule has 2 rings (SSSR count). The Morgan fingerprint density at radius 2 is 1.90 bits per heavy atom. The molecular formula is C14H18N6O. The van der Waals surface area contributed by atoms with E-state index < -0.39 is 0 Å². The smallest absolute Gasteiger partial charge is 0.259 e. The lowest BCUT2D eigenvalue weighted by atomic mass is 10.2. The maximum absolute atomic E-state index is 12.1. The van der Waals surface area contributed by atoms with Crippen LogP contribution in [0.2, 0.25) is 0 Å². The van der Waals surface area contributed by atoms with Gasteiger partial charge in [-0.1, -0.05) is 13.8 Å². The van der Waals surface area contributed by atoms with Gasteiger partial charge in [0.25, 0.3) is 5.91 Å². The van der Waals surface area contributed by atoms with Crippen LogP contribution in [0.1, 0.15) is 35.6 Å². The molecule has 0 saturated heterocycles. The van der Waals surface area contributed by atoms with Gasteiger partial charge in [-0.15, -0.1) is 10.2 Å². The number of nitrogens with one attached hydrogen (secondary N) is 2. The lowest BCUT2D eigenvalue weighted by Gasteiger charge is -2.07. The molecule has 0 saturated carbocycles. The number of nitrogens with zero attached hydrogens (tertiary/aromatic N) is 4. The average molecular weight is 286 g/mol. The molecule has 0 spiro atoms. The van der Waals surface area contributed by atoms with Gasteiger partial charge in [0.15, 0.2) is 0 Å². The zero-order chi connectivity index (χ0) is 15.2. The van der Waals surface area contributed by atoms with Crippen LogP contribution in [0, 0.1) is 0 Å². The Bertz CT molecular complexity index is 626. The number of rotatable bonds is 5. The number of anilines is 2. The molecule has 21 heavy (non-hydrogen) atoms. The second kappa shape index (κ2) is 6.74. The molecule has 0 bridgehead atoms. The second-order valence-electron chi connectivity index (χ2n) is 4.37. The summed E-state index contributed by atoms with van der Waals surface area (Å²) in [4.78, 5) is 20.5. The van der Waals surface area contributed by atoms with Gasteiger partial charge in [-0.05, 0) is 25.0 Å². The number of hydrogen-bond donors (Lipinski definition) is 2. The van der Waals surface area contributed by atoms with E-state index in [9.17, 15) is 4.79 Å². The van der Waals surface area contributed by atoms with Gasteiger partial charge in [0.2, 0.25) is 5.95 Å². The summed E-state index contributed by atoms with van der Waals surface area (Å²) in [6.07, 6.45) is 3.02. The molecule has 0 atom stereocenters. The highest BCUT2D eigenvalue weighted by molar-refractivity contribution is 6.03. The predicted molar refractivity (Wildman–Crippen MR) is 80.3 cm³/mol. The summed E-state index contributed by atoms with van der Waals surface area (Å²) >= 11 is 0. The topological polar surface area (TPSA) is 92.7 Å². The van der Waals surface area contributed by atoms with Crippen molar-refractivity contribution in [2.24, 2.45) is 0 Å². The van der Waals surface area contributed by atoms with Crippen LogP contribution in [0.25, 0.3) is 0 Å². The van der Waals surface area contributed by atoms with Crippen molar-refractivity contribution >= 4 is 17.7 Å². The summed E-state index contributed by atoms with van der Waals surface area (Å²) in [7, 11) is 1.77. The first-order chi connectivity index (χ1) is 10.2. The predicted octanol–water partition coefficient (Wildman–Crippen LogP) is 1.69. The number of amides is 1. The van der Waals surface area contributed by atoms with Crippen molar-refractivity contribution in [3.63, 3.8) is 0 Å². The first-order valence-electron chi connectivity index (χ1n) is 6.85. The van der Waals surface area contributed by atoms with Crippen LogP contribution in [0.3, 0.4) is 0 Å². The van der Waals surface area contributed by atoms with E-state index in [-0.39, 0.29) is 11.9 Å². The number of carbonyl (C=O) groups is 1. The molecule has 0 radical (unpaired) electrons. The number of hydrogen-bond acceptors (Lipinski definition) is 6. The number of pyridine rings is 1. The van der Waals surface area contributed by atoms with E-state index in [2.05, 4.69) is 30.8 Å². The third-order valence-electron chi connectivity index (χ3n) is 3.02. The molecule has 2 aromatic heterocycles. The van der Waals surface area contributed by atoms with Crippen LogP contribution < -0.4 is 10.6 Å². The largest absolute Gasteiger partial charge is 0.373 e. The van der Waals surface area contributed by atoms with Crippen molar-refractivity contribution < 1.29 is 4.79 Å². The Morgan fingerprint density at radius 3 is 2.48 bits per heavy atom. The summed E-state index contributed by atoms with van der Waals surface area (Å²) in [6, 6.07) is 3.41. The van der Waals surface area contributed by atoms with E-state index >= 15 is 0 Å². The minimum atomic E-state index is -0.307. The van der Waals surface area contributed by atoms with Crippen molar-refractivity contribution in [1.82, 2.24) is 20.2 Å². The lowest BCUT2D eigenvalue weighted by molar-refractivity contribution is 0.102. The highest BCUT2D eigenvalue weighted by Gasteiger charge is 2.11. The van der Waals surface area contributed by atoms with Crippen LogP contribution in [-0.2, 0) is 12.8 Å². The quantitative estimate of drug-likeness (QED) is 0.868. The molecular weight excluding hydrogens is 268 g/mol. The Kier molecular flexibility index (Phi) is 4.76. The van der Waals surface area contributed by atoms with Gasteiger partial charge in [-0.3, -0.25) is 10.1 Å². The van der Waals surface area contributed by atoms with Crippen molar-refractivity contribution in [1.29, 1.82) is 0 Å². The fraction of sp³-hybridized carbons (Fsp3) is 0.357. The molecule has 2 aromatic rings. The third-order valence-corrected chi connectivity index (χ3v) is 3.02. The molecule has 7 heteroatoms. The van der Waals surface area contributed by atoms with Gasteiger partial charge in [0, 0.05) is 13.2 Å². The number of aryl methyl sites for hydroxylation is 2. The summed E-state index contributed by atoms with van der Waals surface area (Å²) in [5.74, 6) is 0.607. The summed E-state index contributed by atoms with van der Waals surface area (Å²) < 4.78 is 0. The number of aromatic nitrogens is 4. The fourth-order valence-electron chi connectivity index (χ4n) is 1.84. The molecule has 0 unspecified atom stereocenters. The fourth-order valence-corrected chi connectivity index (χ4v) is 1.84. The van der Waals surface area contributed by atoms with Gasteiger partial charge in [0.1, 0.15) is 5.82 Å². The normalized spacial score (nSPS) is 10.2. The van der Waals surface area contributed by atoms with Crippen LogP contribution in [0.5, 0.6) is 0 Å². The molecule has 7 nitrogen and oxygen atoms in total. The highest BCUT2D eigenvalue weighted by atomic mass is 16.1. The molecule has 2 heterocycles. The van der Waals surface area contributed by atoms with Gasteiger partial charge >= 0.3 is 0 Å². The molecule has 0 aliphatic heterocycles. The van der Waals surface area contributed by atoms with Crippen molar-refractivity contribution in [2.45, 2.75) is 26.7 Å². The Balaban J connectivity index is 2.14. The van der Waals surface area contributed by atoms with Gasteiger partial charge < -0.3 is 5.32 Å². The van der Waals surface area contributed by atoms with Crippen LogP contribution in [0.15, 0.2) is 18.3 Å².